The van der Waals surface area contributed by atoms with Gasteiger partial charge in [-0.3, -0.25) is 14.4 Å². The number of nitrogens with zero attached hydrogens (tertiary/aromatic N) is 4. The number of fused-ring (bicyclic) bond motifs is 11. The van der Waals surface area contributed by atoms with Crippen LogP contribution in [0, 0.1) is 5.92 Å². The summed E-state index contributed by atoms with van der Waals surface area (Å²) in [6.07, 6.45) is 15.6. The number of oxazole rings is 4. The highest BCUT2D eigenvalue weighted by Gasteiger charge is 2.30. The Kier molecular flexibility index (Phi) is 10.1. The van der Waals surface area contributed by atoms with Crippen molar-refractivity contribution in [3.05, 3.63) is 78.3 Å². The number of rotatable bonds is 4. The number of aromatic nitrogens is 4. The van der Waals surface area contributed by atoms with Gasteiger partial charge in [-0.2, -0.15) is 0 Å². The molecule has 0 aromatic carbocycles. The zero-order chi connectivity index (χ0) is 35.2. The van der Waals surface area contributed by atoms with Crippen molar-refractivity contribution in [1.82, 2.24) is 41.2 Å². The third kappa shape index (κ3) is 7.91. The Morgan fingerprint density at radius 1 is 0.840 bits per heavy atom. The van der Waals surface area contributed by atoms with E-state index in [2.05, 4.69) is 41.2 Å². The summed E-state index contributed by atoms with van der Waals surface area (Å²) < 4.78 is 27.9. The second-order valence-corrected chi connectivity index (χ2v) is 12.0. The molecule has 16 nitrogen and oxygen atoms in total. The first-order valence-electron chi connectivity index (χ1n) is 15.9. The van der Waals surface area contributed by atoms with Gasteiger partial charge in [-0.25, -0.2) is 19.9 Å². The van der Waals surface area contributed by atoms with Crippen LogP contribution in [0.5, 0.6) is 0 Å². The lowest BCUT2D eigenvalue weighted by atomic mass is 10.0. The van der Waals surface area contributed by atoms with E-state index in [0.717, 1.165) is 17.6 Å². The van der Waals surface area contributed by atoms with Crippen LogP contribution < -0.4 is 21.3 Å². The predicted molar refractivity (Wildman–Crippen MR) is 177 cm³/mol. The minimum absolute atomic E-state index is 0.00342. The van der Waals surface area contributed by atoms with Gasteiger partial charge in [0.25, 0.3) is 5.91 Å². The Labute approximate surface area is 286 Å². The number of nitrogens with one attached hydrogen (secondary N) is 4. The lowest BCUT2D eigenvalue weighted by Crippen LogP contribution is -2.55. The molecule has 0 saturated heterocycles. The van der Waals surface area contributed by atoms with E-state index < -0.39 is 36.4 Å². The molecule has 1 aliphatic heterocycles. The molecule has 2 aliphatic rings. The van der Waals surface area contributed by atoms with Crippen molar-refractivity contribution in [2.24, 2.45) is 5.92 Å². The number of hydrogen-bond acceptors (Lipinski definition) is 13. The third-order valence-corrected chi connectivity index (χ3v) is 7.77. The quantitative estimate of drug-likeness (QED) is 0.242. The van der Waals surface area contributed by atoms with Crippen LogP contribution in [0.2, 0.25) is 0 Å². The summed E-state index contributed by atoms with van der Waals surface area (Å²) in [7, 11) is 1.63. The monoisotopic (exact) mass is 684 g/mol. The summed E-state index contributed by atoms with van der Waals surface area (Å²) in [5, 5.41) is 11.3. The molecule has 0 radical (unpaired) electrons. The van der Waals surface area contributed by atoms with Crippen molar-refractivity contribution >= 4 is 23.4 Å². The maximum atomic E-state index is 13.6. The first-order valence-corrected chi connectivity index (χ1v) is 15.9. The summed E-state index contributed by atoms with van der Waals surface area (Å²) in [6.45, 7) is 5.18. The van der Waals surface area contributed by atoms with Crippen LogP contribution in [-0.2, 0) is 25.7 Å². The molecule has 1 aliphatic carbocycles. The molecule has 3 amide bonds. The molecular weight excluding hydrogens is 648 g/mol. The van der Waals surface area contributed by atoms with Gasteiger partial charge in [-0.1, -0.05) is 43.7 Å². The number of carbonyl (C=O) groups is 3. The summed E-state index contributed by atoms with van der Waals surface area (Å²) >= 11 is 0. The molecule has 0 spiro atoms. The maximum Gasteiger partial charge on any atom is 0.258 e. The summed E-state index contributed by atoms with van der Waals surface area (Å²) in [5.41, 5.74) is 3.60. The Bertz CT molecular complexity index is 1990. The number of ether oxygens (including phenoxy) is 1. The molecule has 0 saturated carbocycles. The number of amides is 3. The molecule has 2 unspecified atom stereocenters. The SMILES string of the molecule is CN/C1=C\OCC(=O)NC(C(C)C)C(=O)NC(CC2=CC=C(C)CC=C2)C(=O)NCc2coc(n2)-c2coc(n2)-c2coc(n2)-c2coc1n2. The fraction of sp³-hybridized carbons (Fsp3) is 0.324. The topological polar surface area (TPSA) is 213 Å². The average Bonchev–Trinajstić information content (AvgIpc) is 3.91. The molecule has 260 valence electrons. The van der Waals surface area contributed by atoms with E-state index in [9.17, 15) is 14.4 Å². The van der Waals surface area contributed by atoms with Crippen LogP contribution in [0.4, 0.5) is 0 Å². The van der Waals surface area contributed by atoms with Crippen molar-refractivity contribution in [3.63, 3.8) is 0 Å². The van der Waals surface area contributed by atoms with Gasteiger partial charge in [0.1, 0.15) is 49.1 Å². The lowest BCUT2D eigenvalue weighted by molar-refractivity contribution is -0.133. The van der Waals surface area contributed by atoms with Gasteiger partial charge >= 0.3 is 0 Å². The number of hydrogen-bond donors (Lipinski definition) is 4. The van der Waals surface area contributed by atoms with E-state index in [1.54, 1.807) is 20.9 Å². The van der Waals surface area contributed by atoms with Crippen LogP contribution in [0.15, 0.2) is 84.4 Å². The predicted octanol–water partition coefficient (Wildman–Crippen LogP) is 3.65. The molecule has 50 heavy (non-hydrogen) atoms. The van der Waals surface area contributed by atoms with Crippen molar-refractivity contribution < 1.29 is 36.8 Å². The summed E-state index contributed by atoms with van der Waals surface area (Å²) in [5.74, 6) is -1.27. The van der Waals surface area contributed by atoms with Crippen LogP contribution in [-0.4, -0.2) is 63.4 Å². The first-order chi connectivity index (χ1) is 24.2. The summed E-state index contributed by atoms with van der Waals surface area (Å²) in [4.78, 5) is 57.8. The van der Waals surface area contributed by atoms with E-state index >= 15 is 0 Å². The molecule has 6 rings (SSSR count). The zero-order valence-corrected chi connectivity index (χ0v) is 27.8. The van der Waals surface area contributed by atoms with E-state index in [1.165, 1.54) is 31.3 Å². The third-order valence-electron chi connectivity index (χ3n) is 7.77. The van der Waals surface area contributed by atoms with E-state index in [0.29, 0.717) is 17.1 Å². The molecular formula is C34H36N8O8. The molecule has 8 bridgehead atoms. The fourth-order valence-corrected chi connectivity index (χ4v) is 5.06. The average molecular weight is 685 g/mol. The van der Waals surface area contributed by atoms with Crippen LogP contribution in [0.25, 0.3) is 40.5 Å². The Morgan fingerprint density at radius 3 is 2.16 bits per heavy atom. The molecule has 4 aromatic heterocycles. The minimum atomic E-state index is -0.974. The first kappa shape index (κ1) is 33.7. The molecule has 2 atom stereocenters. The van der Waals surface area contributed by atoms with E-state index in [1.807, 2.05) is 31.2 Å². The smallest absolute Gasteiger partial charge is 0.258 e. The normalized spacial score (nSPS) is 20.1. The number of allylic oxidation sites excluding steroid dienone is 5. The zero-order valence-electron chi connectivity index (χ0n) is 27.8. The molecule has 4 aromatic rings. The standard InChI is InChI=1S/C34H36N8O8/c1-18(2)28-30(45)38-22(10-20-7-5-6-19(3)8-9-20)29(44)36-11-21-12-47-32(37-21)24-14-49-34(40-24)26-16-50-33(41-26)25-15-48-31(39-25)23(35-4)13-46-17-27(43)42-28/h5,7-9,12-16,18,22,28,35H,6,10-11,17H2,1-4H3,(H,36,44)(H,38,45)(H,42,43)/b23-13-. The highest BCUT2D eigenvalue weighted by molar-refractivity contribution is 5.92. The van der Waals surface area contributed by atoms with Crippen molar-refractivity contribution in [1.29, 1.82) is 0 Å². The fourth-order valence-electron chi connectivity index (χ4n) is 5.06. The van der Waals surface area contributed by atoms with Crippen LogP contribution >= 0.6 is 0 Å². The lowest BCUT2D eigenvalue weighted by Gasteiger charge is -2.25. The Morgan fingerprint density at radius 2 is 1.48 bits per heavy atom. The van der Waals surface area contributed by atoms with E-state index in [-0.39, 0.29) is 53.8 Å². The largest absolute Gasteiger partial charge is 0.489 e. The van der Waals surface area contributed by atoms with Crippen molar-refractivity contribution in [2.75, 3.05) is 13.7 Å². The Hall–Kier alpha value is -6.19. The molecule has 5 heterocycles. The van der Waals surface area contributed by atoms with Crippen molar-refractivity contribution in [2.45, 2.75) is 52.2 Å². The van der Waals surface area contributed by atoms with E-state index in [4.69, 9.17) is 22.4 Å². The highest BCUT2D eigenvalue weighted by atomic mass is 16.5. The van der Waals surface area contributed by atoms with Crippen molar-refractivity contribution in [3.8, 4) is 34.8 Å². The van der Waals surface area contributed by atoms with Gasteiger partial charge in [0.05, 0.1) is 12.2 Å². The minimum Gasteiger partial charge on any atom is -0.489 e. The maximum absolute atomic E-state index is 13.6. The van der Waals surface area contributed by atoms with Crippen LogP contribution in [0.3, 0.4) is 0 Å². The van der Waals surface area contributed by atoms with Gasteiger partial charge in [0, 0.05) is 13.5 Å². The van der Waals surface area contributed by atoms with Gasteiger partial charge < -0.3 is 43.7 Å². The summed E-state index contributed by atoms with van der Waals surface area (Å²) in [6, 6.07) is -1.94. The second kappa shape index (κ2) is 14.9. The van der Waals surface area contributed by atoms with Gasteiger partial charge in [-0.15, -0.1) is 0 Å². The number of carbonyl (C=O) groups excluding carboxylic acids is 3. The van der Waals surface area contributed by atoms with Gasteiger partial charge in [-0.05, 0) is 24.8 Å². The van der Waals surface area contributed by atoms with Gasteiger partial charge in [0.15, 0.2) is 23.7 Å². The highest BCUT2D eigenvalue weighted by Crippen LogP contribution is 2.27. The molecule has 0 fully saturated rings. The Balaban J connectivity index is 1.30. The molecule has 16 heteroatoms. The molecule has 4 N–H and O–H groups in total. The van der Waals surface area contributed by atoms with Gasteiger partial charge in [0.2, 0.25) is 35.4 Å². The second-order valence-electron chi connectivity index (χ2n) is 12.0. The van der Waals surface area contributed by atoms with Crippen LogP contribution in [0.1, 0.15) is 45.2 Å².